The number of nitrogens with zero attached hydrogens (tertiary/aromatic N) is 3. The standard InChI is InChI=1S/C77H41F18N3O10/c78-72(79,80)43-34-38(35-44(36-43)73(81,82)83)58-54(107-56-14-5-12-52-60(56)63(100)59(62(52)99)37-18-20-39(21-19-37)70(74(84,85)86,75(87,88)89)40-22-28-45(29-23-40)96-64(101)48-8-1-2-9-49(48)65(96)102)16-7-17-55(58)108-57-15-6-13-53-61(57)69(106)98(68(53)105)47-32-26-42(27-33-47)71(76(90,91)92,77(93,94)95)41-24-30-46(31-25-41)97-66(103)50-10-3-4-11-51(50)67(97)104/h1-36,52-53,59-61H. The maximum absolute atomic E-state index is 15.5. The molecule has 108 heavy (non-hydrogen) atoms. The van der Waals surface area contributed by atoms with E-state index < -0.39 is 209 Å². The van der Waals surface area contributed by atoms with E-state index in [1.54, 1.807) is 0 Å². The number of allylic oxidation sites excluding steroid dienone is 6. The summed E-state index contributed by atoms with van der Waals surface area (Å²) in [5, 5.41) is 0. The van der Waals surface area contributed by atoms with E-state index >= 15 is 52.7 Å². The maximum Gasteiger partial charge on any atom is 0.416 e. The molecule has 1 saturated heterocycles. The number of benzene rings is 8. The number of carbonyl (C=O) groups excluding carboxylic acids is 8. The molecule has 0 aromatic heterocycles. The van der Waals surface area contributed by atoms with Crippen LogP contribution in [0.1, 0.15) is 86.3 Å². The molecule has 8 aromatic carbocycles. The second-order valence-electron chi connectivity index (χ2n) is 25.5. The molecule has 0 spiro atoms. The van der Waals surface area contributed by atoms with E-state index in [9.17, 15) is 64.7 Å². The van der Waals surface area contributed by atoms with Crippen molar-refractivity contribution in [1.82, 2.24) is 0 Å². The molecule has 2 fully saturated rings. The first-order chi connectivity index (χ1) is 50.7. The van der Waals surface area contributed by atoms with E-state index in [1.165, 1.54) is 48.5 Å². The van der Waals surface area contributed by atoms with Crippen LogP contribution in [-0.4, -0.2) is 71.7 Å². The van der Waals surface area contributed by atoms with Gasteiger partial charge < -0.3 is 9.47 Å². The Bertz CT molecular complexity index is 4880. The smallest absolute Gasteiger partial charge is 0.416 e. The van der Waals surface area contributed by atoms with Crippen molar-refractivity contribution in [3.8, 4) is 22.6 Å². The number of rotatable bonds is 13. The number of carbonyl (C=O) groups is 8. The highest BCUT2D eigenvalue weighted by Gasteiger charge is 2.74. The zero-order valence-corrected chi connectivity index (χ0v) is 53.9. The zero-order valence-electron chi connectivity index (χ0n) is 53.9. The number of alkyl halides is 18. The average Bonchev–Trinajstić information content (AvgIpc) is 0.803. The molecule has 3 aliphatic carbocycles. The molecular weight excluding hydrogens is 1470 g/mol. The van der Waals surface area contributed by atoms with E-state index in [0.717, 1.165) is 54.7 Å². The number of Topliss-reactive ketones (excluding diaryl/α,β-unsaturated/α-hetero) is 2. The number of ether oxygens (including phenoxy) is 2. The third-order valence-electron chi connectivity index (χ3n) is 19.6. The Balaban J connectivity index is 0.769. The van der Waals surface area contributed by atoms with Gasteiger partial charge in [-0.15, -0.1) is 0 Å². The van der Waals surface area contributed by atoms with E-state index in [1.807, 2.05) is 0 Å². The van der Waals surface area contributed by atoms with Gasteiger partial charge in [0, 0.05) is 0 Å². The van der Waals surface area contributed by atoms with Crippen molar-refractivity contribution in [3.05, 3.63) is 291 Å². The minimum atomic E-state index is -6.23. The molecule has 0 N–H and O–H groups in total. The summed E-state index contributed by atoms with van der Waals surface area (Å²) < 4.78 is 287. The number of ketones is 2. The third kappa shape index (κ3) is 11.3. The Morgan fingerprint density at radius 3 is 1.03 bits per heavy atom. The van der Waals surface area contributed by atoms with Crippen molar-refractivity contribution in [1.29, 1.82) is 0 Å². The predicted molar refractivity (Wildman–Crippen MR) is 344 cm³/mol. The van der Waals surface area contributed by atoms with Crippen molar-refractivity contribution in [3.63, 3.8) is 0 Å². The minimum absolute atomic E-state index is 0.0860. The van der Waals surface area contributed by atoms with Gasteiger partial charge in [-0.1, -0.05) is 115 Å². The highest BCUT2D eigenvalue weighted by molar-refractivity contribution is 6.35. The van der Waals surface area contributed by atoms with Gasteiger partial charge in [0.2, 0.25) is 22.6 Å². The van der Waals surface area contributed by atoms with E-state index in [0.29, 0.717) is 112 Å². The molecule has 550 valence electrons. The Hall–Kier alpha value is -12.2. The van der Waals surface area contributed by atoms with Gasteiger partial charge in [-0.25, -0.2) is 14.7 Å². The second kappa shape index (κ2) is 25.2. The van der Waals surface area contributed by atoms with Crippen molar-refractivity contribution < 1.29 is 127 Å². The fourth-order valence-electron chi connectivity index (χ4n) is 14.7. The van der Waals surface area contributed by atoms with Crippen LogP contribution in [0.15, 0.2) is 230 Å². The molecule has 8 aromatic rings. The summed E-state index contributed by atoms with van der Waals surface area (Å²) in [5.74, 6) is -19.9. The largest absolute Gasteiger partial charge is 0.460 e. The normalized spacial score (nSPS) is 19.8. The molecule has 1 saturated carbocycles. The fraction of sp³-hybridized carbons (Fsp3) is 0.169. The average molecular weight is 1510 g/mol. The Morgan fingerprint density at radius 1 is 0.324 bits per heavy atom. The van der Waals surface area contributed by atoms with Gasteiger partial charge in [0.15, 0.2) is 11.6 Å². The summed E-state index contributed by atoms with van der Waals surface area (Å²) in [6.07, 6.45) is -29.4. The van der Waals surface area contributed by atoms with Gasteiger partial charge in [0.1, 0.15) is 34.9 Å². The molecule has 14 rings (SSSR count). The van der Waals surface area contributed by atoms with Gasteiger partial charge in [-0.05, 0) is 137 Å². The lowest BCUT2D eigenvalue weighted by atomic mass is 9.72. The summed E-state index contributed by atoms with van der Waals surface area (Å²) in [6.45, 7) is 0. The first-order valence-electron chi connectivity index (χ1n) is 31.9. The summed E-state index contributed by atoms with van der Waals surface area (Å²) in [7, 11) is 0. The molecular formula is C77H41F18N3O10. The predicted octanol–water partition coefficient (Wildman–Crippen LogP) is 17.5. The monoisotopic (exact) mass is 1510 g/mol. The van der Waals surface area contributed by atoms with E-state index in [2.05, 4.69) is 0 Å². The lowest BCUT2D eigenvalue weighted by Gasteiger charge is -2.38. The second-order valence-corrected chi connectivity index (χ2v) is 25.5. The SMILES string of the molecule is O=C1C(c2ccc(C(c3ccc(N4C(=O)c5ccccc5C4=O)cc3)(C(F)(F)F)C(F)(F)F)cc2)C(=O)C2C(Oc3cccc(OC4=CC=CC5C(=O)N(c6ccc(C(c7ccc(N8C(=O)c9ccccc9C8=O)cc7)(C(F)(F)F)C(F)(F)F)cc6)C(=O)C45)c3-c3cc(C(F)(F)F)cc(C(F)(F)F)c3)=CC=CC12. The number of hydrogen-bond donors (Lipinski definition) is 0. The molecule has 5 unspecified atom stereocenters. The van der Waals surface area contributed by atoms with Crippen LogP contribution in [0.4, 0.5) is 96.1 Å². The maximum atomic E-state index is 15.5. The minimum Gasteiger partial charge on any atom is -0.460 e. The lowest BCUT2D eigenvalue weighted by Crippen LogP contribution is -2.54. The molecule has 31 heteroatoms. The van der Waals surface area contributed by atoms with Gasteiger partial charge >= 0.3 is 37.1 Å². The van der Waals surface area contributed by atoms with Crippen LogP contribution >= 0.6 is 0 Å². The Labute approximate surface area is 594 Å². The molecule has 3 heterocycles. The number of fused-ring (bicyclic) bond motifs is 4. The summed E-state index contributed by atoms with van der Waals surface area (Å²) >= 11 is 0. The molecule has 5 atom stereocenters. The summed E-state index contributed by atoms with van der Waals surface area (Å²) in [5.41, 5.74) is -23.5. The van der Waals surface area contributed by atoms with Gasteiger partial charge in [0.25, 0.3) is 23.6 Å². The van der Waals surface area contributed by atoms with Crippen LogP contribution in [-0.2, 0) is 42.4 Å². The Kier molecular flexibility index (Phi) is 17.0. The van der Waals surface area contributed by atoms with Crippen molar-refractivity contribution in [2.75, 3.05) is 14.7 Å². The topological polar surface area (TPSA) is 165 Å². The molecule has 6 aliphatic rings. The van der Waals surface area contributed by atoms with Crippen LogP contribution in [0.2, 0.25) is 0 Å². The van der Waals surface area contributed by atoms with Gasteiger partial charge in [-0.3, -0.25) is 38.4 Å². The van der Waals surface area contributed by atoms with Crippen molar-refractivity contribution in [2.45, 2.75) is 53.8 Å². The van der Waals surface area contributed by atoms with E-state index in [-0.39, 0.29) is 46.1 Å². The summed E-state index contributed by atoms with van der Waals surface area (Å²) in [4.78, 5) is 112. The Morgan fingerprint density at radius 2 is 0.667 bits per heavy atom. The molecule has 0 bridgehead atoms. The highest BCUT2D eigenvalue weighted by atomic mass is 19.4. The van der Waals surface area contributed by atoms with Gasteiger partial charge in [-0.2, -0.15) is 79.0 Å². The van der Waals surface area contributed by atoms with Crippen molar-refractivity contribution in [2.24, 2.45) is 23.7 Å². The van der Waals surface area contributed by atoms with Crippen LogP contribution in [0.25, 0.3) is 11.1 Å². The quantitative estimate of drug-likeness (QED) is 0.0616. The number of hydrogen-bond acceptors (Lipinski definition) is 10. The van der Waals surface area contributed by atoms with Crippen LogP contribution in [0.5, 0.6) is 11.5 Å². The molecule has 13 nitrogen and oxygen atoms in total. The molecule has 0 radical (unpaired) electrons. The number of halogens is 18. The van der Waals surface area contributed by atoms with Gasteiger partial charge in [0.05, 0.1) is 73.8 Å². The molecule has 6 amide bonds. The van der Waals surface area contributed by atoms with E-state index in [4.69, 9.17) is 9.47 Å². The van der Waals surface area contributed by atoms with Crippen molar-refractivity contribution >= 4 is 64.1 Å². The first-order valence-corrected chi connectivity index (χ1v) is 31.9. The van der Waals surface area contributed by atoms with Crippen LogP contribution in [0.3, 0.4) is 0 Å². The molecule has 3 aliphatic heterocycles. The number of imide groups is 3. The number of amides is 6. The zero-order chi connectivity index (χ0) is 77.7. The highest BCUT2D eigenvalue weighted by Crippen LogP contribution is 2.60. The first kappa shape index (κ1) is 72.8. The van der Waals surface area contributed by atoms with Crippen LogP contribution < -0.4 is 24.2 Å². The lowest BCUT2D eigenvalue weighted by molar-refractivity contribution is -0.290. The number of anilines is 3. The summed E-state index contributed by atoms with van der Waals surface area (Å²) in [6, 6.07) is 22.2. The third-order valence-corrected chi connectivity index (χ3v) is 19.6. The fourth-order valence-corrected chi connectivity index (χ4v) is 14.7. The van der Waals surface area contributed by atoms with Crippen LogP contribution in [0, 0.1) is 23.7 Å².